The normalized spacial score (nSPS) is 12.9. The van der Waals surface area contributed by atoms with E-state index in [1.165, 1.54) is 0 Å². The number of nitrogens with zero attached hydrogens (tertiary/aromatic N) is 1. The van der Waals surface area contributed by atoms with Gasteiger partial charge in [-0.2, -0.15) is 0 Å². The molecule has 1 N–H and O–H groups in total. The van der Waals surface area contributed by atoms with Crippen LogP contribution in [0.4, 0.5) is 5.69 Å². The lowest BCUT2D eigenvalue weighted by atomic mass is 10.0. The van der Waals surface area contributed by atoms with Crippen molar-refractivity contribution < 1.29 is 19.1 Å². The quantitative estimate of drug-likeness (QED) is 0.160. The van der Waals surface area contributed by atoms with Gasteiger partial charge in [0.15, 0.2) is 6.61 Å². The van der Waals surface area contributed by atoms with Crippen LogP contribution < -0.4 is 10.1 Å². The molecule has 0 fully saturated rings. The number of nitrogens with one attached hydrogen (secondary N) is 1. The maximum absolute atomic E-state index is 13.7. The van der Waals surface area contributed by atoms with Crippen LogP contribution in [0.25, 0.3) is 22.6 Å². The monoisotopic (exact) mass is 634 g/mol. The molecule has 7 rings (SSSR count). The van der Waals surface area contributed by atoms with Crippen LogP contribution in [-0.2, 0) is 16.0 Å². The Bertz CT molecular complexity index is 2110. The molecule has 0 radical (unpaired) electrons. The number of allylic oxidation sites excluding steroid dienone is 1. The summed E-state index contributed by atoms with van der Waals surface area (Å²) in [5.74, 6) is 0.553. The molecule has 5 aromatic carbocycles. The van der Waals surface area contributed by atoms with Gasteiger partial charge in [0.1, 0.15) is 11.5 Å². The molecular formula is C40H30N2O4S. The molecule has 0 aliphatic heterocycles. The number of carbonyl (C=O) groups excluding carboxylic acids is 2. The summed E-state index contributed by atoms with van der Waals surface area (Å²) >= 11 is 1.55. The summed E-state index contributed by atoms with van der Waals surface area (Å²) in [5, 5.41) is 3.62. The van der Waals surface area contributed by atoms with Crippen molar-refractivity contribution >= 4 is 51.9 Å². The van der Waals surface area contributed by atoms with E-state index in [1.54, 1.807) is 11.8 Å². The minimum absolute atomic E-state index is 0.410. The number of amides is 1. The number of pyridine rings is 1. The highest BCUT2D eigenvalue weighted by molar-refractivity contribution is 7.99. The van der Waals surface area contributed by atoms with Crippen LogP contribution >= 0.6 is 11.8 Å². The fourth-order valence-electron chi connectivity index (χ4n) is 5.67. The van der Waals surface area contributed by atoms with Gasteiger partial charge < -0.3 is 14.8 Å². The van der Waals surface area contributed by atoms with Gasteiger partial charge in [-0.25, -0.2) is 9.78 Å². The number of para-hydroxylation sites is 3. The maximum Gasteiger partial charge on any atom is 0.339 e. The molecule has 0 bridgehead atoms. The Morgan fingerprint density at radius 3 is 2.34 bits per heavy atom. The van der Waals surface area contributed by atoms with E-state index in [-0.39, 0.29) is 0 Å². The first-order valence-electron chi connectivity index (χ1n) is 15.4. The number of esters is 1. The summed E-state index contributed by atoms with van der Waals surface area (Å²) in [4.78, 5) is 33.6. The van der Waals surface area contributed by atoms with E-state index in [2.05, 4.69) is 11.4 Å². The average molecular weight is 635 g/mol. The zero-order valence-corrected chi connectivity index (χ0v) is 26.2. The van der Waals surface area contributed by atoms with Gasteiger partial charge in [-0.15, -0.1) is 0 Å². The predicted octanol–water partition coefficient (Wildman–Crippen LogP) is 9.46. The molecule has 0 atom stereocenters. The third-order valence-corrected chi connectivity index (χ3v) is 8.87. The highest BCUT2D eigenvalue weighted by Crippen LogP contribution is 2.38. The van der Waals surface area contributed by atoms with Crippen molar-refractivity contribution in [3.05, 3.63) is 156 Å². The molecule has 0 spiro atoms. The van der Waals surface area contributed by atoms with Crippen molar-refractivity contribution in [2.75, 3.05) is 11.9 Å². The smallest absolute Gasteiger partial charge is 0.339 e. The predicted molar refractivity (Wildman–Crippen MR) is 187 cm³/mol. The molecule has 1 heterocycles. The number of ether oxygens (including phenoxy) is 2. The van der Waals surface area contributed by atoms with Crippen LogP contribution in [0.1, 0.15) is 33.6 Å². The number of carbonyl (C=O) groups is 2. The second-order valence-corrected chi connectivity index (χ2v) is 12.1. The van der Waals surface area contributed by atoms with Crippen LogP contribution in [0.5, 0.6) is 11.5 Å². The van der Waals surface area contributed by atoms with Crippen molar-refractivity contribution in [3.63, 3.8) is 0 Å². The van der Waals surface area contributed by atoms with E-state index < -0.39 is 18.5 Å². The molecule has 0 unspecified atom stereocenters. The van der Waals surface area contributed by atoms with Gasteiger partial charge in [0, 0.05) is 15.2 Å². The summed E-state index contributed by atoms with van der Waals surface area (Å²) in [6, 6.07) is 42.6. The maximum atomic E-state index is 13.7. The summed E-state index contributed by atoms with van der Waals surface area (Å²) in [7, 11) is 0. The van der Waals surface area contributed by atoms with E-state index in [1.807, 2.05) is 133 Å². The highest BCUT2D eigenvalue weighted by Gasteiger charge is 2.28. The number of hydrogen-bond acceptors (Lipinski definition) is 6. The van der Waals surface area contributed by atoms with Crippen molar-refractivity contribution in [1.29, 1.82) is 0 Å². The molecular weight excluding hydrogens is 605 g/mol. The Labute approximate surface area is 277 Å². The van der Waals surface area contributed by atoms with Gasteiger partial charge in [-0.1, -0.05) is 90.6 Å². The van der Waals surface area contributed by atoms with Gasteiger partial charge in [0.2, 0.25) is 0 Å². The first-order chi connectivity index (χ1) is 23.1. The molecule has 1 aliphatic rings. The summed E-state index contributed by atoms with van der Waals surface area (Å²) in [6.07, 6.45) is 3.46. The molecule has 6 aromatic rings. The number of aromatic nitrogens is 1. The first kappa shape index (κ1) is 30.0. The van der Waals surface area contributed by atoms with Gasteiger partial charge in [-0.3, -0.25) is 4.79 Å². The van der Waals surface area contributed by atoms with Crippen LogP contribution in [0.3, 0.4) is 0 Å². The number of benzene rings is 5. The van der Waals surface area contributed by atoms with Crippen molar-refractivity contribution in [1.82, 2.24) is 4.98 Å². The topological polar surface area (TPSA) is 77.5 Å². The van der Waals surface area contributed by atoms with Crippen molar-refractivity contribution in [2.45, 2.75) is 22.6 Å². The number of hydrogen-bond donors (Lipinski definition) is 1. The largest absolute Gasteiger partial charge is 0.457 e. The molecule has 1 aliphatic carbocycles. The van der Waals surface area contributed by atoms with Crippen LogP contribution in [0.15, 0.2) is 143 Å². The Hall–Kier alpha value is -5.66. The van der Waals surface area contributed by atoms with Gasteiger partial charge >= 0.3 is 5.97 Å². The van der Waals surface area contributed by atoms with Crippen LogP contribution in [0, 0.1) is 0 Å². The van der Waals surface area contributed by atoms with E-state index in [9.17, 15) is 9.59 Å². The van der Waals surface area contributed by atoms with Gasteiger partial charge in [0.25, 0.3) is 5.91 Å². The number of rotatable bonds is 9. The second kappa shape index (κ2) is 13.8. The van der Waals surface area contributed by atoms with E-state index >= 15 is 0 Å². The van der Waals surface area contributed by atoms with E-state index in [0.717, 1.165) is 50.1 Å². The Morgan fingerprint density at radius 2 is 1.49 bits per heavy atom. The fraction of sp³-hybridized carbons (Fsp3) is 0.0750. The summed E-state index contributed by atoms with van der Waals surface area (Å²) in [5.41, 5.74) is 5.44. The highest BCUT2D eigenvalue weighted by atomic mass is 32.2. The SMILES string of the molecule is O=C(COC(=O)c1c2c(nc3ccccc13)/C(=C\c1cccc(Oc3ccccc3)c1)CC2)Nc1ccccc1Sc1ccccc1. The lowest BCUT2D eigenvalue weighted by Crippen LogP contribution is -2.22. The minimum Gasteiger partial charge on any atom is -0.457 e. The Kier molecular flexibility index (Phi) is 8.79. The van der Waals surface area contributed by atoms with E-state index in [4.69, 9.17) is 14.5 Å². The van der Waals surface area contributed by atoms with Crippen LogP contribution in [0.2, 0.25) is 0 Å². The zero-order chi connectivity index (χ0) is 32.0. The molecule has 47 heavy (non-hydrogen) atoms. The summed E-state index contributed by atoms with van der Waals surface area (Å²) in [6.45, 7) is -0.411. The average Bonchev–Trinajstić information content (AvgIpc) is 3.49. The van der Waals surface area contributed by atoms with Crippen molar-refractivity contribution in [3.8, 4) is 11.5 Å². The minimum atomic E-state index is -0.540. The molecule has 6 nitrogen and oxygen atoms in total. The first-order valence-corrected chi connectivity index (χ1v) is 16.2. The van der Waals surface area contributed by atoms with E-state index in [0.29, 0.717) is 28.6 Å². The molecule has 1 amide bonds. The lowest BCUT2D eigenvalue weighted by molar-refractivity contribution is -0.119. The van der Waals surface area contributed by atoms with Crippen LogP contribution in [-0.4, -0.2) is 23.5 Å². The number of anilines is 1. The Balaban J connectivity index is 1.11. The second-order valence-electron chi connectivity index (χ2n) is 11.0. The van der Waals surface area contributed by atoms with Gasteiger partial charge in [0.05, 0.1) is 22.5 Å². The molecule has 0 saturated carbocycles. The zero-order valence-electron chi connectivity index (χ0n) is 25.4. The summed E-state index contributed by atoms with van der Waals surface area (Å²) < 4.78 is 11.7. The molecule has 1 aromatic heterocycles. The Morgan fingerprint density at radius 1 is 0.766 bits per heavy atom. The lowest BCUT2D eigenvalue weighted by Gasteiger charge is -2.13. The van der Waals surface area contributed by atoms with Gasteiger partial charge in [-0.05, 0) is 90.2 Å². The standard InChI is InChI=1S/C40H30N2O4S/c43-37(41-35-20-9-10-21-36(35)47-31-16-5-2-6-17-31)26-45-40(44)38-32-18-7-8-19-34(32)42-39-28(22-23-33(38)39)24-27-12-11-15-30(25-27)46-29-13-3-1-4-14-29/h1-21,24-25H,22-23,26H2,(H,41,43)/b28-24-. The third kappa shape index (κ3) is 6.95. The molecule has 0 saturated heterocycles. The van der Waals surface area contributed by atoms with Crippen molar-refractivity contribution in [2.24, 2.45) is 0 Å². The molecule has 7 heteroatoms. The fourth-order valence-corrected chi connectivity index (χ4v) is 6.59. The number of fused-ring (bicyclic) bond motifs is 2. The third-order valence-electron chi connectivity index (χ3n) is 7.79. The molecule has 230 valence electrons.